The average molecular weight is 365 g/mol. The van der Waals surface area contributed by atoms with Crippen molar-refractivity contribution >= 4 is 46.4 Å². The van der Waals surface area contributed by atoms with E-state index in [1.54, 1.807) is 18.2 Å². The van der Waals surface area contributed by atoms with Crippen molar-refractivity contribution in [3.63, 3.8) is 0 Å². The summed E-state index contributed by atoms with van der Waals surface area (Å²) in [5, 5.41) is 5.97. The van der Waals surface area contributed by atoms with Gasteiger partial charge in [-0.25, -0.2) is 0 Å². The Bertz CT molecular complexity index is 781. The minimum Gasteiger partial charge on any atom is -0.325 e. The van der Waals surface area contributed by atoms with E-state index in [1.807, 2.05) is 32.9 Å². The zero-order chi connectivity index (χ0) is 17.9. The third-order valence-electron chi connectivity index (χ3n) is 3.49. The summed E-state index contributed by atoms with van der Waals surface area (Å²) in [5.74, 6) is -0.847. The van der Waals surface area contributed by atoms with E-state index in [9.17, 15) is 9.59 Å². The van der Waals surface area contributed by atoms with Crippen LogP contribution in [0, 0.1) is 20.8 Å². The van der Waals surface area contributed by atoms with Crippen LogP contribution in [0.5, 0.6) is 0 Å². The second kappa shape index (κ2) is 7.69. The zero-order valence-electron chi connectivity index (χ0n) is 13.7. The largest absolute Gasteiger partial charge is 0.325 e. The minimum absolute atomic E-state index is 0.248. The van der Waals surface area contributed by atoms with E-state index in [0.29, 0.717) is 10.7 Å². The van der Waals surface area contributed by atoms with Gasteiger partial charge in [-0.1, -0.05) is 47.0 Å². The van der Waals surface area contributed by atoms with Gasteiger partial charge in [-0.15, -0.1) is 0 Å². The molecule has 2 N–H and O–H groups in total. The summed E-state index contributed by atoms with van der Waals surface area (Å²) < 4.78 is 0. The van der Waals surface area contributed by atoms with Crippen LogP contribution in [0.4, 0.5) is 11.4 Å². The summed E-state index contributed by atoms with van der Waals surface area (Å²) in [7, 11) is 0. The molecule has 0 bridgehead atoms. The number of hydrogen-bond donors (Lipinski definition) is 2. The lowest BCUT2D eigenvalue weighted by Gasteiger charge is -2.13. The number of amides is 2. The van der Waals surface area contributed by atoms with Crippen LogP contribution in [-0.2, 0) is 9.59 Å². The Balaban J connectivity index is 2.02. The van der Waals surface area contributed by atoms with E-state index < -0.39 is 5.91 Å². The first-order valence-corrected chi connectivity index (χ1v) is 8.15. The van der Waals surface area contributed by atoms with Gasteiger partial charge < -0.3 is 10.6 Å². The van der Waals surface area contributed by atoms with E-state index in [-0.39, 0.29) is 17.4 Å². The molecular weight excluding hydrogens is 347 g/mol. The predicted octanol–water partition coefficient (Wildman–Crippen LogP) is 4.89. The van der Waals surface area contributed by atoms with Gasteiger partial charge in [0.1, 0.15) is 6.42 Å². The number of carbonyl (C=O) groups excluding carboxylic acids is 2. The quantitative estimate of drug-likeness (QED) is 0.759. The maximum Gasteiger partial charge on any atom is 0.233 e. The molecule has 2 aromatic carbocycles. The Labute approximate surface area is 151 Å². The van der Waals surface area contributed by atoms with Crippen LogP contribution in [0.2, 0.25) is 10.0 Å². The molecule has 24 heavy (non-hydrogen) atoms. The predicted molar refractivity (Wildman–Crippen MR) is 99.0 cm³/mol. The van der Waals surface area contributed by atoms with Gasteiger partial charge in [0.25, 0.3) is 0 Å². The van der Waals surface area contributed by atoms with Crippen molar-refractivity contribution in [3.05, 3.63) is 57.1 Å². The average Bonchev–Trinajstić information content (AvgIpc) is 2.47. The normalized spacial score (nSPS) is 10.4. The van der Waals surface area contributed by atoms with Gasteiger partial charge in [0.2, 0.25) is 11.8 Å². The van der Waals surface area contributed by atoms with E-state index >= 15 is 0 Å². The Hall–Kier alpha value is -2.04. The van der Waals surface area contributed by atoms with Crippen LogP contribution in [0.3, 0.4) is 0 Å². The van der Waals surface area contributed by atoms with Gasteiger partial charge >= 0.3 is 0 Å². The number of carbonyl (C=O) groups is 2. The van der Waals surface area contributed by atoms with Crippen molar-refractivity contribution in [2.24, 2.45) is 0 Å². The highest BCUT2D eigenvalue weighted by Crippen LogP contribution is 2.29. The van der Waals surface area contributed by atoms with Gasteiger partial charge in [0.05, 0.1) is 15.7 Å². The number of benzene rings is 2. The number of nitrogens with one attached hydrogen (secondary N) is 2. The standard InChI is InChI=1S/C18H18Cl2N2O2/c1-10-7-11(2)18(12(3)8-10)22-16(24)9-15(23)21-14-6-4-5-13(19)17(14)20/h4-8H,9H2,1-3H3,(H,21,23)(H,22,24). The Morgan fingerprint density at radius 3 is 2.17 bits per heavy atom. The van der Waals surface area contributed by atoms with Crippen LogP contribution in [0.25, 0.3) is 0 Å². The first kappa shape index (κ1) is 18.3. The van der Waals surface area contributed by atoms with Crippen molar-refractivity contribution in [2.45, 2.75) is 27.2 Å². The van der Waals surface area contributed by atoms with Crippen molar-refractivity contribution in [1.29, 1.82) is 0 Å². The molecular formula is C18H18Cl2N2O2. The Morgan fingerprint density at radius 1 is 0.958 bits per heavy atom. The first-order valence-electron chi connectivity index (χ1n) is 7.39. The number of halogens is 2. The third-order valence-corrected chi connectivity index (χ3v) is 4.31. The summed E-state index contributed by atoms with van der Waals surface area (Å²) in [6, 6.07) is 8.87. The van der Waals surface area contributed by atoms with Crippen LogP contribution in [-0.4, -0.2) is 11.8 Å². The highest BCUT2D eigenvalue weighted by molar-refractivity contribution is 6.44. The molecule has 0 unspecified atom stereocenters. The molecule has 0 radical (unpaired) electrons. The number of aryl methyl sites for hydroxylation is 3. The van der Waals surface area contributed by atoms with E-state index in [2.05, 4.69) is 10.6 Å². The lowest BCUT2D eigenvalue weighted by Crippen LogP contribution is -2.22. The topological polar surface area (TPSA) is 58.2 Å². The van der Waals surface area contributed by atoms with Gasteiger partial charge in [0, 0.05) is 5.69 Å². The summed E-state index contributed by atoms with van der Waals surface area (Å²) in [5.41, 5.74) is 4.15. The summed E-state index contributed by atoms with van der Waals surface area (Å²) in [6.45, 7) is 5.83. The molecule has 0 spiro atoms. The monoisotopic (exact) mass is 364 g/mol. The fourth-order valence-corrected chi connectivity index (χ4v) is 2.85. The minimum atomic E-state index is -0.459. The number of rotatable bonds is 4. The second-order valence-electron chi connectivity index (χ2n) is 5.65. The molecule has 0 aliphatic carbocycles. The molecule has 0 aliphatic heterocycles. The molecule has 6 heteroatoms. The van der Waals surface area contributed by atoms with Gasteiger partial charge in [-0.2, -0.15) is 0 Å². The molecule has 4 nitrogen and oxygen atoms in total. The van der Waals surface area contributed by atoms with Gasteiger partial charge in [0.15, 0.2) is 0 Å². The van der Waals surface area contributed by atoms with Gasteiger partial charge in [-0.3, -0.25) is 9.59 Å². The smallest absolute Gasteiger partial charge is 0.233 e. The molecule has 0 saturated carbocycles. The summed E-state index contributed by atoms with van der Waals surface area (Å²) in [4.78, 5) is 24.2. The molecule has 0 atom stereocenters. The lowest BCUT2D eigenvalue weighted by molar-refractivity contribution is -0.123. The number of hydrogen-bond acceptors (Lipinski definition) is 2. The van der Waals surface area contributed by atoms with Gasteiger partial charge in [-0.05, 0) is 44.0 Å². The van der Waals surface area contributed by atoms with Crippen LogP contribution in [0.15, 0.2) is 30.3 Å². The van der Waals surface area contributed by atoms with Crippen LogP contribution >= 0.6 is 23.2 Å². The van der Waals surface area contributed by atoms with Crippen molar-refractivity contribution in [3.8, 4) is 0 Å². The SMILES string of the molecule is Cc1cc(C)c(NC(=O)CC(=O)Nc2cccc(Cl)c2Cl)c(C)c1. The van der Waals surface area contributed by atoms with Crippen molar-refractivity contribution < 1.29 is 9.59 Å². The number of anilines is 2. The zero-order valence-corrected chi connectivity index (χ0v) is 15.2. The van der Waals surface area contributed by atoms with Crippen LogP contribution in [0.1, 0.15) is 23.1 Å². The maximum atomic E-state index is 12.1. The fraction of sp³-hybridized carbons (Fsp3) is 0.222. The Morgan fingerprint density at radius 2 is 1.54 bits per heavy atom. The van der Waals surface area contributed by atoms with Crippen molar-refractivity contribution in [1.82, 2.24) is 0 Å². The molecule has 0 aromatic heterocycles. The highest BCUT2D eigenvalue weighted by Gasteiger charge is 2.14. The molecule has 126 valence electrons. The lowest BCUT2D eigenvalue weighted by atomic mass is 10.0. The maximum absolute atomic E-state index is 12.1. The van der Waals surface area contributed by atoms with Crippen molar-refractivity contribution in [2.75, 3.05) is 10.6 Å². The molecule has 0 aliphatic rings. The first-order chi connectivity index (χ1) is 11.3. The summed E-state index contributed by atoms with van der Waals surface area (Å²) >= 11 is 11.9. The van der Waals surface area contributed by atoms with E-state index in [4.69, 9.17) is 23.2 Å². The fourth-order valence-electron chi connectivity index (χ4n) is 2.50. The molecule has 0 fully saturated rings. The van der Waals surface area contributed by atoms with Crippen LogP contribution < -0.4 is 10.6 Å². The summed E-state index contributed by atoms with van der Waals surface area (Å²) in [6.07, 6.45) is -0.310. The van der Waals surface area contributed by atoms with E-state index in [1.165, 1.54) is 0 Å². The molecule has 2 rings (SSSR count). The molecule has 0 heterocycles. The molecule has 2 aromatic rings. The molecule has 2 amide bonds. The molecule has 0 saturated heterocycles. The van der Waals surface area contributed by atoms with E-state index in [0.717, 1.165) is 22.4 Å². The Kier molecular flexibility index (Phi) is 5.86. The highest BCUT2D eigenvalue weighted by atomic mass is 35.5. The third kappa shape index (κ3) is 4.49. The second-order valence-corrected chi connectivity index (χ2v) is 6.43.